The van der Waals surface area contributed by atoms with Crippen molar-refractivity contribution in [1.29, 1.82) is 0 Å². The molecule has 8 heteroatoms. The molecule has 206 valence electrons. The Morgan fingerprint density at radius 2 is 1.89 bits per heavy atom. The minimum Gasteiger partial charge on any atom is -0.445 e. The number of alkyl carbamates (subject to hydrolysis) is 1. The predicted octanol–water partition coefficient (Wildman–Crippen LogP) is 3.42. The van der Waals surface area contributed by atoms with Gasteiger partial charge in [0.25, 0.3) is 0 Å². The van der Waals surface area contributed by atoms with Crippen molar-refractivity contribution in [3.05, 3.63) is 0 Å². The van der Waals surface area contributed by atoms with Gasteiger partial charge in [-0.1, -0.05) is 13.8 Å². The van der Waals surface area contributed by atoms with E-state index in [-0.39, 0.29) is 46.4 Å². The average Bonchev–Trinajstić information content (AvgIpc) is 3.19. The number of ketones is 1. The highest BCUT2D eigenvalue weighted by Crippen LogP contribution is 2.78. The first-order valence-corrected chi connectivity index (χ1v) is 14.5. The van der Waals surface area contributed by atoms with E-state index in [1.165, 1.54) is 0 Å². The SMILES string of the molecule is COCC[C@]1(C)C[C@@H](OC(=O)NC(=O)[C@H]2CN3CC[C@@H]2C3)[C@]23C[C@@H]2CCC2(CC[C@@H](OC)C23)[C@@H](C)C1=O. The van der Waals surface area contributed by atoms with E-state index in [4.69, 9.17) is 14.2 Å². The fraction of sp³-hybridized carbons (Fsp3) is 0.897. The van der Waals surface area contributed by atoms with Crippen LogP contribution in [0.4, 0.5) is 4.79 Å². The summed E-state index contributed by atoms with van der Waals surface area (Å²) >= 11 is 0. The number of fused-ring (bicyclic) bond motifs is 2. The normalized spacial score (nSPS) is 49.6. The van der Waals surface area contributed by atoms with Crippen molar-refractivity contribution in [2.45, 2.75) is 77.4 Å². The Labute approximate surface area is 220 Å². The van der Waals surface area contributed by atoms with Crippen molar-refractivity contribution in [2.75, 3.05) is 40.5 Å². The molecule has 6 rings (SSSR count). The number of piperidine rings is 1. The molecule has 4 saturated carbocycles. The Hall–Kier alpha value is -1.51. The zero-order valence-electron chi connectivity index (χ0n) is 22.9. The number of nitrogens with one attached hydrogen (secondary N) is 1. The van der Waals surface area contributed by atoms with Gasteiger partial charge in [-0.2, -0.15) is 0 Å². The molecule has 0 aromatic carbocycles. The number of imide groups is 1. The van der Waals surface area contributed by atoms with Crippen molar-refractivity contribution < 1.29 is 28.6 Å². The molecule has 2 aliphatic heterocycles. The second-order valence-electron chi connectivity index (χ2n) is 13.5. The number of rotatable bonds is 6. The maximum Gasteiger partial charge on any atom is 0.414 e. The van der Waals surface area contributed by atoms with Crippen LogP contribution in [0.2, 0.25) is 0 Å². The van der Waals surface area contributed by atoms with Crippen LogP contribution < -0.4 is 5.32 Å². The molecule has 11 atom stereocenters. The lowest BCUT2D eigenvalue weighted by Gasteiger charge is -2.55. The molecule has 1 N–H and O–H groups in total. The standard InChI is InChI=1S/C29H44N2O6/c1-17-24(32)27(2,10-12-35-3)14-22(37-26(34)30-25(33)20-16-31-11-7-18(20)15-31)29-13-19(29)5-8-28(17)9-6-21(36-4)23(28)29/h17-23H,5-16H2,1-4H3,(H,30,33,34)/t17-,18+,19-,20-,21+,22+,23?,27+,28?,29-/m0/s1. The first kappa shape index (κ1) is 25.8. The van der Waals surface area contributed by atoms with Gasteiger partial charge in [0, 0.05) is 56.6 Å². The maximum absolute atomic E-state index is 14.2. The Balaban J connectivity index is 1.30. The third-order valence-electron chi connectivity index (χ3n) is 12.0. The molecule has 3 unspecified atom stereocenters. The zero-order chi connectivity index (χ0) is 26.2. The number of carbonyl (C=O) groups is 3. The first-order chi connectivity index (χ1) is 17.7. The highest BCUT2D eigenvalue weighted by atomic mass is 16.6. The Kier molecular flexibility index (Phi) is 6.28. The molecule has 0 radical (unpaired) electrons. The van der Waals surface area contributed by atoms with Crippen LogP contribution in [0.5, 0.6) is 0 Å². The van der Waals surface area contributed by atoms with Gasteiger partial charge in [-0.25, -0.2) is 4.79 Å². The molecule has 0 aromatic rings. The summed E-state index contributed by atoms with van der Waals surface area (Å²) in [5, 5.41) is 2.61. The van der Waals surface area contributed by atoms with Crippen LogP contribution in [0.25, 0.3) is 0 Å². The van der Waals surface area contributed by atoms with Crippen molar-refractivity contribution in [2.24, 2.45) is 45.8 Å². The van der Waals surface area contributed by atoms with Crippen molar-refractivity contribution >= 4 is 17.8 Å². The summed E-state index contributed by atoms with van der Waals surface area (Å²) in [4.78, 5) is 42.9. The van der Waals surface area contributed by atoms with Gasteiger partial charge in [-0.3, -0.25) is 14.9 Å². The molecule has 1 spiro atoms. The van der Waals surface area contributed by atoms with Crippen molar-refractivity contribution in [3.63, 3.8) is 0 Å². The highest BCUT2D eigenvalue weighted by molar-refractivity contribution is 5.94. The third kappa shape index (κ3) is 3.75. The molecule has 37 heavy (non-hydrogen) atoms. The number of hydrogen-bond donors (Lipinski definition) is 1. The summed E-state index contributed by atoms with van der Waals surface area (Å²) < 4.78 is 17.8. The number of ether oxygens (including phenoxy) is 3. The summed E-state index contributed by atoms with van der Waals surface area (Å²) in [6.07, 6.45) is 6.12. The number of hydrogen-bond acceptors (Lipinski definition) is 7. The van der Waals surface area contributed by atoms with Crippen molar-refractivity contribution in [1.82, 2.24) is 10.2 Å². The summed E-state index contributed by atoms with van der Waals surface area (Å²) in [5.41, 5.74) is -0.953. The van der Waals surface area contributed by atoms with Gasteiger partial charge in [-0.05, 0) is 75.2 Å². The molecular weight excluding hydrogens is 472 g/mol. The topological polar surface area (TPSA) is 94.2 Å². The Bertz CT molecular complexity index is 972. The van der Waals surface area contributed by atoms with E-state index in [0.717, 1.165) is 58.2 Å². The van der Waals surface area contributed by atoms with E-state index in [2.05, 4.69) is 17.1 Å². The third-order valence-corrected chi connectivity index (χ3v) is 12.0. The van der Waals surface area contributed by atoms with Gasteiger partial charge >= 0.3 is 6.09 Å². The van der Waals surface area contributed by atoms with E-state index in [0.29, 0.717) is 31.3 Å². The lowest BCUT2D eigenvalue weighted by molar-refractivity contribution is -0.162. The van der Waals surface area contributed by atoms with Gasteiger partial charge in [0.1, 0.15) is 11.9 Å². The number of methoxy groups -OCH3 is 2. The first-order valence-electron chi connectivity index (χ1n) is 14.5. The summed E-state index contributed by atoms with van der Waals surface area (Å²) in [6, 6.07) is 0. The summed E-state index contributed by atoms with van der Waals surface area (Å²) in [7, 11) is 3.45. The Morgan fingerprint density at radius 3 is 2.57 bits per heavy atom. The number of nitrogens with zero attached hydrogens (tertiary/aromatic N) is 1. The fourth-order valence-corrected chi connectivity index (χ4v) is 10.00. The number of Topliss-reactive ketones (excluding diaryl/α,β-unsaturated/α-hetero) is 1. The minimum atomic E-state index is -0.650. The molecule has 8 nitrogen and oxygen atoms in total. The fourth-order valence-electron chi connectivity index (χ4n) is 10.00. The van der Waals surface area contributed by atoms with Crippen LogP contribution in [0.3, 0.4) is 0 Å². The van der Waals surface area contributed by atoms with Crippen LogP contribution in [0, 0.1) is 45.8 Å². The van der Waals surface area contributed by atoms with Gasteiger partial charge in [0.15, 0.2) is 0 Å². The predicted molar refractivity (Wildman–Crippen MR) is 136 cm³/mol. The van der Waals surface area contributed by atoms with Crippen molar-refractivity contribution in [3.8, 4) is 0 Å². The molecule has 4 aliphatic carbocycles. The lowest BCUT2D eigenvalue weighted by Crippen LogP contribution is -2.58. The molecule has 2 heterocycles. The largest absolute Gasteiger partial charge is 0.445 e. The van der Waals surface area contributed by atoms with Crippen LogP contribution in [-0.2, 0) is 23.8 Å². The molecule has 0 aromatic heterocycles. The molecular formula is C29H44N2O6. The second-order valence-corrected chi connectivity index (χ2v) is 13.5. The molecule has 2 amide bonds. The second kappa shape index (κ2) is 9.02. The van der Waals surface area contributed by atoms with Crippen LogP contribution in [0.15, 0.2) is 0 Å². The Morgan fingerprint density at radius 1 is 1.11 bits per heavy atom. The molecule has 6 aliphatic rings. The highest BCUT2D eigenvalue weighted by Gasteiger charge is 2.77. The van der Waals surface area contributed by atoms with Gasteiger partial charge in [0.05, 0.1) is 12.0 Å². The van der Waals surface area contributed by atoms with Gasteiger partial charge in [-0.15, -0.1) is 0 Å². The molecule has 2 saturated heterocycles. The quantitative estimate of drug-likeness (QED) is 0.578. The van der Waals surface area contributed by atoms with E-state index >= 15 is 0 Å². The zero-order valence-corrected chi connectivity index (χ0v) is 22.9. The van der Waals surface area contributed by atoms with Crippen LogP contribution >= 0.6 is 0 Å². The van der Waals surface area contributed by atoms with E-state index in [1.807, 2.05) is 6.92 Å². The minimum absolute atomic E-state index is 0.0675. The van der Waals surface area contributed by atoms with Crippen LogP contribution in [0.1, 0.15) is 65.2 Å². The van der Waals surface area contributed by atoms with E-state index < -0.39 is 17.6 Å². The number of amides is 2. The molecule has 4 bridgehead atoms. The van der Waals surface area contributed by atoms with Crippen LogP contribution in [-0.4, -0.2) is 75.4 Å². The monoisotopic (exact) mass is 516 g/mol. The molecule has 6 fully saturated rings. The average molecular weight is 517 g/mol. The van der Waals surface area contributed by atoms with E-state index in [1.54, 1.807) is 14.2 Å². The summed E-state index contributed by atoms with van der Waals surface area (Å²) in [5.74, 6) is 0.838. The lowest BCUT2D eigenvalue weighted by atomic mass is 9.50. The smallest absolute Gasteiger partial charge is 0.414 e. The van der Waals surface area contributed by atoms with Gasteiger partial charge < -0.3 is 19.1 Å². The summed E-state index contributed by atoms with van der Waals surface area (Å²) in [6.45, 7) is 7.38. The van der Waals surface area contributed by atoms with Gasteiger partial charge in [0.2, 0.25) is 5.91 Å². The van der Waals surface area contributed by atoms with E-state index in [9.17, 15) is 14.4 Å². The number of carbonyl (C=O) groups excluding carboxylic acids is 3. The maximum atomic E-state index is 14.2.